The van der Waals surface area contributed by atoms with Crippen LogP contribution in [0, 0.1) is 5.92 Å². The van der Waals surface area contributed by atoms with Gasteiger partial charge < -0.3 is 5.32 Å². The molecule has 3 nitrogen and oxygen atoms in total. The molecule has 1 aromatic heterocycles. The second-order valence-electron chi connectivity index (χ2n) is 4.94. The van der Waals surface area contributed by atoms with Crippen LogP contribution in [0.1, 0.15) is 32.3 Å². The predicted molar refractivity (Wildman–Crippen MR) is 79.3 cm³/mol. The van der Waals surface area contributed by atoms with Gasteiger partial charge in [0, 0.05) is 18.3 Å². The van der Waals surface area contributed by atoms with Gasteiger partial charge in [0.2, 0.25) is 0 Å². The van der Waals surface area contributed by atoms with Crippen molar-refractivity contribution < 1.29 is 0 Å². The summed E-state index contributed by atoms with van der Waals surface area (Å²) in [6.07, 6.45) is 6.52. The van der Waals surface area contributed by atoms with Crippen LogP contribution in [0.4, 0.5) is 0 Å². The van der Waals surface area contributed by atoms with Crippen LogP contribution in [-0.4, -0.2) is 16.3 Å². The molecule has 0 fully saturated rings. The topological polar surface area (TPSA) is 29.9 Å². The number of hydrogen-bond acceptors (Lipinski definition) is 2. The van der Waals surface area contributed by atoms with Crippen molar-refractivity contribution in [3.63, 3.8) is 0 Å². The molecule has 2 rings (SSSR count). The van der Waals surface area contributed by atoms with E-state index in [-0.39, 0.29) is 0 Å². The number of para-hydroxylation sites is 1. The zero-order valence-corrected chi connectivity index (χ0v) is 11.8. The number of aromatic nitrogens is 2. The summed E-state index contributed by atoms with van der Waals surface area (Å²) in [4.78, 5) is 0. The molecule has 0 amide bonds. The lowest BCUT2D eigenvalue weighted by Gasteiger charge is -2.12. The van der Waals surface area contributed by atoms with Gasteiger partial charge in [0.1, 0.15) is 0 Å². The highest BCUT2D eigenvalue weighted by molar-refractivity contribution is 5.30. The van der Waals surface area contributed by atoms with Gasteiger partial charge in [-0.2, -0.15) is 5.10 Å². The van der Waals surface area contributed by atoms with Crippen LogP contribution in [0.2, 0.25) is 0 Å². The smallest absolute Gasteiger partial charge is 0.0645 e. The lowest BCUT2D eigenvalue weighted by atomic mass is 10.0. The summed E-state index contributed by atoms with van der Waals surface area (Å²) >= 11 is 0. The summed E-state index contributed by atoms with van der Waals surface area (Å²) in [7, 11) is 0. The number of rotatable bonds is 7. The minimum atomic E-state index is 0.782. The molecule has 0 unspecified atom stereocenters. The molecule has 0 saturated heterocycles. The van der Waals surface area contributed by atoms with E-state index >= 15 is 0 Å². The van der Waals surface area contributed by atoms with Crippen molar-refractivity contribution in [2.75, 3.05) is 6.54 Å². The van der Waals surface area contributed by atoms with E-state index in [0.717, 1.165) is 24.7 Å². The summed E-state index contributed by atoms with van der Waals surface area (Å²) in [5.74, 6) is 0.782. The molecule has 1 aromatic carbocycles. The van der Waals surface area contributed by atoms with Crippen LogP contribution in [0.15, 0.2) is 42.7 Å². The summed E-state index contributed by atoms with van der Waals surface area (Å²) in [5, 5.41) is 7.92. The van der Waals surface area contributed by atoms with Crippen LogP contribution in [0.3, 0.4) is 0 Å². The number of hydrogen-bond donors (Lipinski definition) is 1. The summed E-state index contributed by atoms with van der Waals surface area (Å²) in [5.41, 5.74) is 2.34. The van der Waals surface area contributed by atoms with E-state index in [9.17, 15) is 0 Å². The van der Waals surface area contributed by atoms with E-state index in [4.69, 9.17) is 0 Å². The molecule has 0 atom stereocenters. The van der Waals surface area contributed by atoms with Crippen molar-refractivity contribution in [1.82, 2.24) is 15.1 Å². The Morgan fingerprint density at radius 3 is 2.58 bits per heavy atom. The highest BCUT2D eigenvalue weighted by Gasteiger charge is 2.04. The number of nitrogens with one attached hydrogen (secondary N) is 1. The van der Waals surface area contributed by atoms with Gasteiger partial charge in [-0.1, -0.05) is 44.9 Å². The van der Waals surface area contributed by atoms with Crippen molar-refractivity contribution in [1.29, 1.82) is 0 Å². The van der Waals surface area contributed by atoms with Crippen molar-refractivity contribution in [2.45, 2.75) is 33.2 Å². The Bertz CT molecular complexity index is 472. The van der Waals surface area contributed by atoms with Gasteiger partial charge in [0.25, 0.3) is 0 Å². The van der Waals surface area contributed by atoms with E-state index in [1.807, 2.05) is 29.1 Å². The molecule has 1 N–H and O–H groups in total. The predicted octanol–water partition coefficient (Wildman–Crippen LogP) is 3.40. The summed E-state index contributed by atoms with van der Waals surface area (Å²) < 4.78 is 1.92. The first-order chi connectivity index (χ1) is 9.33. The molecular weight excluding hydrogens is 234 g/mol. The summed E-state index contributed by atoms with van der Waals surface area (Å²) in [6, 6.07) is 10.2. The van der Waals surface area contributed by atoms with Gasteiger partial charge in [0.05, 0.1) is 11.9 Å². The molecule has 1 heterocycles. The maximum Gasteiger partial charge on any atom is 0.0645 e. The quantitative estimate of drug-likeness (QED) is 0.824. The zero-order valence-electron chi connectivity index (χ0n) is 11.8. The average molecular weight is 257 g/mol. The monoisotopic (exact) mass is 257 g/mol. The van der Waals surface area contributed by atoms with E-state index in [1.165, 1.54) is 18.4 Å². The molecule has 0 bridgehead atoms. The Balaban J connectivity index is 1.88. The first kappa shape index (κ1) is 13.8. The average Bonchev–Trinajstić information content (AvgIpc) is 2.93. The second-order valence-corrected chi connectivity index (χ2v) is 4.94. The van der Waals surface area contributed by atoms with Crippen LogP contribution >= 0.6 is 0 Å². The van der Waals surface area contributed by atoms with Crippen molar-refractivity contribution in [3.8, 4) is 5.69 Å². The van der Waals surface area contributed by atoms with Crippen LogP contribution < -0.4 is 5.32 Å². The SMILES string of the molecule is CCC(CC)CNCc1cnn(-c2ccccc2)c1. The Hall–Kier alpha value is -1.61. The maximum atomic E-state index is 4.40. The third kappa shape index (κ3) is 3.93. The van der Waals surface area contributed by atoms with Crippen molar-refractivity contribution in [3.05, 3.63) is 48.3 Å². The number of nitrogens with zero attached hydrogens (tertiary/aromatic N) is 2. The first-order valence-electron chi connectivity index (χ1n) is 7.13. The van der Waals surface area contributed by atoms with Crippen molar-refractivity contribution >= 4 is 0 Å². The molecule has 3 heteroatoms. The van der Waals surface area contributed by atoms with Gasteiger partial charge in [0.15, 0.2) is 0 Å². The molecule has 102 valence electrons. The molecule has 0 saturated carbocycles. The van der Waals surface area contributed by atoms with E-state index in [1.54, 1.807) is 0 Å². The van der Waals surface area contributed by atoms with Crippen molar-refractivity contribution in [2.24, 2.45) is 5.92 Å². The minimum absolute atomic E-state index is 0.782. The van der Waals surface area contributed by atoms with Gasteiger partial charge >= 0.3 is 0 Å². The summed E-state index contributed by atoms with van der Waals surface area (Å²) in [6.45, 7) is 6.49. The molecule has 0 aliphatic carbocycles. The molecule has 19 heavy (non-hydrogen) atoms. The van der Waals surface area contributed by atoms with Gasteiger partial charge in [-0.15, -0.1) is 0 Å². The second kappa shape index (κ2) is 7.10. The minimum Gasteiger partial charge on any atom is -0.312 e. The highest BCUT2D eigenvalue weighted by atomic mass is 15.3. The van der Waals surface area contributed by atoms with Gasteiger partial charge in [-0.05, 0) is 24.6 Å². The standard InChI is InChI=1S/C16H23N3/c1-3-14(4-2)10-17-11-15-12-18-19(13-15)16-8-6-5-7-9-16/h5-9,12-14,17H,3-4,10-11H2,1-2H3. The lowest BCUT2D eigenvalue weighted by molar-refractivity contribution is 0.449. The fourth-order valence-electron chi connectivity index (χ4n) is 2.17. The normalized spacial score (nSPS) is 11.1. The van der Waals surface area contributed by atoms with E-state index < -0.39 is 0 Å². The van der Waals surface area contributed by atoms with Gasteiger partial charge in [-0.3, -0.25) is 0 Å². The van der Waals surface area contributed by atoms with E-state index in [2.05, 4.69) is 42.6 Å². The maximum absolute atomic E-state index is 4.40. The fraction of sp³-hybridized carbons (Fsp3) is 0.438. The number of benzene rings is 1. The van der Waals surface area contributed by atoms with Gasteiger partial charge in [-0.25, -0.2) is 4.68 Å². The Labute approximate surface area is 115 Å². The molecule has 0 radical (unpaired) electrons. The largest absolute Gasteiger partial charge is 0.312 e. The third-order valence-corrected chi connectivity index (χ3v) is 3.57. The Kier molecular flexibility index (Phi) is 5.16. The molecule has 0 aliphatic heterocycles. The van der Waals surface area contributed by atoms with Crippen LogP contribution in [0.25, 0.3) is 5.69 Å². The van der Waals surface area contributed by atoms with E-state index in [0.29, 0.717) is 0 Å². The van der Waals surface area contributed by atoms with Crippen LogP contribution in [0.5, 0.6) is 0 Å². The molecule has 0 aliphatic rings. The fourth-order valence-corrected chi connectivity index (χ4v) is 2.17. The highest BCUT2D eigenvalue weighted by Crippen LogP contribution is 2.08. The first-order valence-corrected chi connectivity index (χ1v) is 7.13. The molecular formula is C16H23N3. The Morgan fingerprint density at radius 2 is 1.89 bits per heavy atom. The van der Waals surface area contributed by atoms with Crippen LogP contribution in [-0.2, 0) is 6.54 Å². The third-order valence-electron chi connectivity index (χ3n) is 3.57. The lowest BCUT2D eigenvalue weighted by Crippen LogP contribution is -2.21. The molecule has 0 spiro atoms. The zero-order chi connectivity index (χ0) is 13.5. The Morgan fingerprint density at radius 1 is 1.16 bits per heavy atom. The molecule has 2 aromatic rings.